The molecule has 0 unspecified atom stereocenters. The van der Waals surface area contributed by atoms with Gasteiger partial charge in [0, 0.05) is 5.92 Å². The molecule has 0 aromatic heterocycles. The molecule has 0 aromatic carbocycles. The molecule has 130 valence electrons. The van der Waals surface area contributed by atoms with Gasteiger partial charge in [-0.1, -0.05) is 37.3 Å². The fourth-order valence-electron chi connectivity index (χ4n) is 4.31. The molecular formula is C20H32O3. The Bertz CT molecular complexity index is 493. The fourth-order valence-corrected chi connectivity index (χ4v) is 4.31. The van der Waals surface area contributed by atoms with Crippen LogP contribution >= 0.6 is 0 Å². The normalized spacial score (nSPS) is 36.9. The standard InChI is InChI=1S/C20H32O3/c1-11(2)17(21)9-7-12(3)16-10-18(22)14(5)15-8-6-13(4)19(15)20(16)23/h6,12,15-23H,1,5,7-10H2,2-4H3/t12-,15+,16+,17+,18+,19-,20-/m1/s1. The Kier molecular flexibility index (Phi) is 5.88. The van der Waals surface area contributed by atoms with Gasteiger partial charge in [-0.05, 0) is 62.9 Å². The summed E-state index contributed by atoms with van der Waals surface area (Å²) in [5, 5.41) is 31.4. The van der Waals surface area contributed by atoms with E-state index in [2.05, 4.69) is 33.1 Å². The van der Waals surface area contributed by atoms with Gasteiger partial charge in [-0.25, -0.2) is 0 Å². The van der Waals surface area contributed by atoms with Crippen LogP contribution in [-0.4, -0.2) is 33.6 Å². The van der Waals surface area contributed by atoms with E-state index in [4.69, 9.17) is 0 Å². The van der Waals surface area contributed by atoms with Gasteiger partial charge in [0.15, 0.2) is 0 Å². The van der Waals surface area contributed by atoms with Crippen LogP contribution in [-0.2, 0) is 0 Å². The summed E-state index contributed by atoms with van der Waals surface area (Å²) in [6.45, 7) is 13.9. The molecule has 23 heavy (non-hydrogen) atoms. The first kappa shape index (κ1) is 18.4. The number of aliphatic hydroxyl groups is 3. The summed E-state index contributed by atoms with van der Waals surface area (Å²) in [6.07, 6.45) is 3.59. The number of aliphatic hydroxyl groups excluding tert-OH is 3. The predicted molar refractivity (Wildman–Crippen MR) is 93.8 cm³/mol. The Morgan fingerprint density at radius 3 is 2.61 bits per heavy atom. The average Bonchev–Trinajstić information content (AvgIpc) is 2.85. The first-order chi connectivity index (χ1) is 10.7. The molecule has 7 atom stereocenters. The van der Waals surface area contributed by atoms with Crippen LogP contribution in [0.25, 0.3) is 0 Å². The first-order valence-electron chi connectivity index (χ1n) is 8.79. The average molecular weight is 320 g/mol. The third-order valence-corrected chi connectivity index (χ3v) is 6.05. The monoisotopic (exact) mass is 320 g/mol. The Labute approximate surface area is 140 Å². The topological polar surface area (TPSA) is 60.7 Å². The van der Waals surface area contributed by atoms with Crippen molar-refractivity contribution in [2.24, 2.45) is 23.7 Å². The van der Waals surface area contributed by atoms with Crippen LogP contribution in [0.4, 0.5) is 0 Å². The number of hydrogen-bond donors (Lipinski definition) is 3. The molecule has 2 rings (SSSR count). The molecule has 3 N–H and O–H groups in total. The van der Waals surface area contributed by atoms with Crippen molar-refractivity contribution in [1.29, 1.82) is 0 Å². The minimum absolute atomic E-state index is 0.0236. The highest BCUT2D eigenvalue weighted by Crippen LogP contribution is 2.47. The van der Waals surface area contributed by atoms with Crippen molar-refractivity contribution >= 4 is 0 Å². The van der Waals surface area contributed by atoms with Gasteiger partial charge in [0.2, 0.25) is 0 Å². The van der Waals surface area contributed by atoms with Gasteiger partial charge in [-0.15, -0.1) is 0 Å². The van der Waals surface area contributed by atoms with Crippen molar-refractivity contribution in [3.05, 3.63) is 36.0 Å². The van der Waals surface area contributed by atoms with Gasteiger partial charge in [-0.3, -0.25) is 0 Å². The van der Waals surface area contributed by atoms with Gasteiger partial charge >= 0.3 is 0 Å². The Hall–Kier alpha value is -0.900. The number of rotatable bonds is 5. The summed E-state index contributed by atoms with van der Waals surface area (Å²) in [5.74, 6) is 0.500. The van der Waals surface area contributed by atoms with Crippen molar-refractivity contribution in [1.82, 2.24) is 0 Å². The van der Waals surface area contributed by atoms with Crippen LogP contribution in [0.15, 0.2) is 36.0 Å². The minimum atomic E-state index is -0.544. The highest BCUT2D eigenvalue weighted by atomic mass is 16.3. The summed E-state index contributed by atoms with van der Waals surface area (Å²) in [5.41, 5.74) is 2.87. The van der Waals surface area contributed by atoms with Gasteiger partial charge in [0.25, 0.3) is 0 Å². The van der Waals surface area contributed by atoms with Crippen LogP contribution in [0.5, 0.6) is 0 Å². The van der Waals surface area contributed by atoms with Gasteiger partial charge in [0.1, 0.15) is 0 Å². The largest absolute Gasteiger partial charge is 0.392 e. The number of fused-ring (bicyclic) bond motifs is 1. The lowest BCUT2D eigenvalue weighted by Gasteiger charge is -2.33. The molecular weight excluding hydrogens is 288 g/mol. The van der Waals surface area contributed by atoms with Crippen LogP contribution in [0.2, 0.25) is 0 Å². The van der Waals surface area contributed by atoms with Crippen molar-refractivity contribution in [3.63, 3.8) is 0 Å². The van der Waals surface area contributed by atoms with Crippen molar-refractivity contribution in [2.45, 2.75) is 64.8 Å². The third kappa shape index (κ3) is 3.78. The second-order valence-electron chi connectivity index (χ2n) is 7.71. The maximum absolute atomic E-state index is 11.0. The summed E-state index contributed by atoms with van der Waals surface area (Å²) in [4.78, 5) is 0. The third-order valence-electron chi connectivity index (χ3n) is 6.05. The number of allylic oxidation sites excluding steroid dienone is 1. The van der Waals surface area contributed by atoms with Crippen molar-refractivity contribution in [3.8, 4) is 0 Å². The lowest BCUT2D eigenvalue weighted by atomic mass is 9.76. The van der Waals surface area contributed by atoms with E-state index in [0.29, 0.717) is 12.8 Å². The zero-order valence-corrected chi connectivity index (χ0v) is 14.7. The maximum atomic E-state index is 11.0. The molecule has 3 nitrogen and oxygen atoms in total. The predicted octanol–water partition coefficient (Wildman–Crippen LogP) is 3.22. The van der Waals surface area contributed by atoms with Crippen LogP contribution in [0, 0.1) is 23.7 Å². The molecule has 1 saturated carbocycles. The van der Waals surface area contributed by atoms with Gasteiger partial charge in [0.05, 0.1) is 18.3 Å². The summed E-state index contributed by atoms with van der Waals surface area (Å²) in [7, 11) is 0. The van der Waals surface area contributed by atoms with Crippen molar-refractivity contribution in [2.75, 3.05) is 0 Å². The number of hydrogen-bond acceptors (Lipinski definition) is 3. The van der Waals surface area contributed by atoms with E-state index in [-0.39, 0.29) is 23.7 Å². The second-order valence-corrected chi connectivity index (χ2v) is 7.71. The molecule has 0 heterocycles. The molecule has 3 heteroatoms. The summed E-state index contributed by atoms with van der Waals surface area (Å²) in [6, 6.07) is 0. The van der Waals surface area contributed by atoms with Crippen LogP contribution in [0.1, 0.15) is 46.5 Å². The zero-order chi connectivity index (χ0) is 17.3. The lowest BCUT2D eigenvalue weighted by Crippen LogP contribution is -2.35. The van der Waals surface area contributed by atoms with Crippen LogP contribution in [0.3, 0.4) is 0 Å². The Morgan fingerprint density at radius 2 is 2.00 bits per heavy atom. The minimum Gasteiger partial charge on any atom is -0.392 e. The van der Waals surface area contributed by atoms with E-state index in [1.165, 1.54) is 5.57 Å². The van der Waals surface area contributed by atoms with Crippen LogP contribution < -0.4 is 0 Å². The summed E-state index contributed by atoms with van der Waals surface area (Å²) >= 11 is 0. The fraction of sp³-hybridized carbons (Fsp3) is 0.700. The zero-order valence-electron chi connectivity index (χ0n) is 14.7. The van der Waals surface area contributed by atoms with E-state index in [9.17, 15) is 15.3 Å². The molecule has 0 spiro atoms. The molecule has 0 aromatic rings. The SMILES string of the molecule is C=C(C)[C@@H](O)CC[C@@H](C)[C@@H]1C[C@H](O)C(=C)[C@@H]2CC=C(C)[C@H]2[C@@H]1O. The first-order valence-corrected chi connectivity index (χ1v) is 8.79. The van der Waals surface area contributed by atoms with Gasteiger partial charge in [-0.2, -0.15) is 0 Å². The smallest absolute Gasteiger partial charge is 0.0754 e. The van der Waals surface area contributed by atoms with Crippen molar-refractivity contribution < 1.29 is 15.3 Å². The van der Waals surface area contributed by atoms with Gasteiger partial charge < -0.3 is 15.3 Å². The second kappa shape index (κ2) is 7.33. The molecule has 1 fully saturated rings. The molecule has 0 aliphatic heterocycles. The Balaban J connectivity index is 2.12. The van der Waals surface area contributed by atoms with E-state index in [0.717, 1.165) is 24.0 Å². The molecule has 0 amide bonds. The molecule has 2 aliphatic rings. The van der Waals surface area contributed by atoms with E-state index >= 15 is 0 Å². The maximum Gasteiger partial charge on any atom is 0.0754 e. The highest BCUT2D eigenvalue weighted by Gasteiger charge is 2.44. The highest BCUT2D eigenvalue weighted by molar-refractivity contribution is 5.26. The summed E-state index contributed by atoms with van der Waals surface area (Å²) < 4.78 is 0. The molecule has 0 radical (unpaired) electrons. The molecule has 0 bridgehead atoms. The molecule has 0 saturated heterocycles. The van der Waals surface area contributed by atoms with E-state index in [1.54, 1.807) is 0 Å². The van der Waals surface area contributed by atoms with E-state index < -0.39 is 18.3 Å². The van der Waals surface area contributed by atoms with E-state index in [1.807, 2.05) is 6.92 Å². The molecule has 2 aliphatic carbocycles. The quantitative estimate of drug-likeness (QED) is 0.682. The Morgan fingerprint density at radius 1 is 1.35 bits per heavy atom. The lowest BCUT2D eigenvalue weighted by molar-refractivity contribution is 0.0189.